The quantitative estimate of drug-likeness (QED) is 0.413. The lowest BCUT2D eigenvalue weighted by Crippen LogP contribution is -2.54. The maximum atomic E-state index is 14.3. The van der Waals surface area contributed by atoms with E-state index in [2.05, 4.69) is 5.32 Å². The second-order valence-corrected chi connectivity index (χ2v) is 14.1. The fraction of sp³-hybridized carbons (Fsp3) is 0.571. The average Bonchev–Trinajstić information content (AvgIpc) is 3.55. The molecule has 4 aliphatic rings. The molecule has 2 heterocycles. The monoisotopic (exact) mass is 573 g/mol. The Balaban J connectivity index is 1.57. The van der Waals surface area contributed by atoms with E-state index in [9.17, 15) is 18.0 Å². The molecule has 1 unspecified atom stereocenters. The summed E-state index contributed by atoms with van der Waals surface area (Å²) >= 11 is 1.46. The molecular formula is C28H39N5O4S2. The molecule has 5 N–H and O–H groups in total. The number of hydrogen-bond acceptors (Lipinski definition) is 7. The van der Waals surface area contributed by atoms with Crippen LogP contribution in [0.5, 0.6) is 0 Å². The molecule has 0 spiro atoms. The summed E-state index contributed by atoms with van der Waals surface area (Å²) in [7, 11) is -3.96. The second-order valence-electron chi connectivity index (χ2n) is 11.0. The number of nitrogens with one attached hydrogen (secondary N) is 1. The van der Waals surface area contributed by atoms with Crippen LogP contribution in [-0.4, -0.2) is 53.6 Å². The Morgan fingerprint density at radius 3 is 2.54 bits per heavy atom. The Hall–Kier alpha value is -2.50. The number of rotatable bonds is 9. The summed E-state index contributed by atoms with van der Waals surface area (Å²) in [6, 6.07) is 7.45. The first-order valence-corrected chi connectivity index (χ1v) is 16.5. The first kappa shape index (κ1) is 28.0. The molecular weight excluding hydrogens is 534 g/mol. The Morgan fingerprint density at radius 1 is 1.08 bits per heavy atom. The van der Waals surface area contributed by atoms with Crippen molar-refractivity contribution >= 4 is 33.6 Å². The summed E-state index contributed by atoms with van der Waals surface area (Å²) < 4.78 is 30.1. The number of carbonyl (C=O) groups is 2. The summed E-state index contributed by atoms with van der Waals surface area (Å²) in [5.74, 6) is -0.819. The van der Waals surface area contributed by atoms with Crippen LogP contribution in [0.3, 0.4) is 0 Å². The molecule has 1 saturated carbocycles. The van der Waals surface area contributed by atoms with Gasteiger partial charge >= 0.3 is 0 Å². The van der Waals surface area contributed by atoms with E-state index >= 15 is 0 Å². The molecule has 1 aromatic carbocycles. The Labute approximate surface area is 235 Å². The molecule has 2 fully saturated rings. The Kier molecular flexibility index (Phi) is 8.58. The molecule has 0 radical (unpaired) electrons. The lowest BCUT2D eigenvalue weighted by atomic mass is 9.84. The highest BCUT2D eigenvalue weighted by Gasteiger charge is 2.44. The van der Waals surface area contributed by atoms with Gasteiger partial charge in [-0.2, -0.15) is 0 Å². The highest BCUT2D eigenvalue weighted by atomic mass is 32.2. The van der Waals surface area contributed by atoms with Gasteiger partial charge in [-0.1, -0.05) is 74.2 Å². The van der Waals surface area contributed by atoms with E-state index in [-0.39, 0.29) is 23.1 Å². The van der Waals surface area contributed by atoms with Gasteiger partial charge in [0.25, 0.3) is 0 Å². The maximum Gasteiger partial charge on any atom is 0.247 e. The second kappa shape index (κ2) is 11.9. The van der Waals surface area contributed by atoms with E-state index in [0.29, 0.717) is 49.9 Å². The van der Waals surface area contributed by atoms with Crippen molar-refractivity contribution in [3.05, 3.63) is 58.3 Å². The zero-order chi connectivity index (χ0) is 27.6. The van der Waals surface area contributed by atoms with Crippen molar-refractivity contribution in [1.82, 2.24) is 14.5 Å². The van der Waals surface area contributed by atoms with Crippen LogP contribution in [0.2, 0.25) is 0 Å². The molecule has 2 amide bonds. The van der Waals surface area contributed by atoms with E-state index < -0.39 is 28.0 Å². The van der Waals surface area contributed by atoms with Crippen LogP contribution in [0.4, 0.5) is 0 Å². The molecule has 2 aliphatic heterocycles. The maximum absolute atomic E-state index is 14.3. The SMILES string of the molecule is NC(=O)C1CCCN1C(=O)[C@@H](CC1CCCCC1)N(C1=CC2=C(CC1)N[C@H](N)S2)S(=O)(=O)Cc1ccccc1. The number of nitrogens with two attached hydrogens (primary N) is 2. The zero-order valence-corrected chi connectivity index (χ0v) is 23.9. The molecule has 39 heavy (non-hydrogen) atoms. The molecule has 212 valence electrons. The van der Waals surface area contributed by atoms with Crippen LogP contribution >= 0.6 is 11.8 Å². The standard InChI is InChI=1S/C28H39N5O4S2/c29-26(34)23-12-7-15-32(23)27(35)24(16-19-8-3-1-4-9-19)33(39(36,37)18-20-10-5-2-6-11-20)21-13-14-22-25(17-21)38-28(30)31-22/h2,5-6,10-11,17,19,23-24,28,31H,1,3-4,7-9,12-16,18,30H2,(H2,29,34)/t23?,24-,28+/m1/s1. The fourth-order valence-electron chi connectivity index (χ4n) is 6.43. The minimum Gasteiger partial charge on any atom is -0.368 e. The van der Waals surface area contributed by atoms with Crippen LogP contribution < -0.4 is 16.8 Å². The molecule has 0 bridgehead atoms. The smallest absolute Gasteiger partial charge is 0.247 e. The van der Waals surface area contributed by atoms with E-state index in [1.165, 1.54) is 21.0 Å². The number of carbonyl (C=O) groups excluding carboxylic acids is 2. The minimum atomic E-state index is -3.96. The van der Waals surface area contributed by atoms with E-state index in [1.807, 2.05) is 24.3 Å². The van der Waals surface area contributed by atoms with Crippen molar-refractivity contribution < 1.29 is 18.0 Å². The Bertz CT molecular complexity index is 1240. The fourth-order valence-corrected chi connectivity index (χ4v) is 9.23. The third kappa shape index (κ3) is 6.30. The van der Waals surface area contributed by atoms with Gasteiger partial charge in [-0.05, 0) is 49.7 Å². The Morgan fingerprint density at radius 2 is 1.82 bits per heavy atom. The number of hydrogen-bond donors (Lipinski definition) is 3. The van der Waals surface area contributed by atoms with Crippen LogP contribution in [0.15, 0.2) is 52.7 Å². The van der Waals surface area contributed by atoms with Gasteiger partial charge in [-0.25, -0.2) is 8.42 Å². The summed E-state index contributed by atoms with van der Waals surface area (Å²) in [6.45, 7) is 0.406. The molecule has 3 atom stereocenters. The van der Waals surface area contributed by atoms with Crippen LogP contribution in [0, 0.1) is 5.92 Å². The minimum absolute atomic E-state index is 0.213. The molecule has 1 aromatic rings. The van der Waals surface area contributed by atoms with E-state index in [1.54, 1.807) is 12.1 Å². The molecule has 5 rings (SSSR count). The number of nitrogens with zero attached hydrogens (tertiary/aromatic N) is 2. The lowest BCUT2D eigenvalue weighted by Gasteiger charge is -2.39. The normalized spacial score (nSPS) is 24.6. The highest BCUT2D eigenvalue weighted by molar-refractivity contribution is 8.04. The first-order chi connectivity index (χ1) is 18.7. The van der Waals surface area contributed by atoms with Crippen molar-refractivity contribution in [1.29, 1.82) is 0 Å². The van der Waals surface area contributed by atoms with Gasteiger partial charge in [-0.3, -0.25) is 13.9 Å². The number of thioether (sulfide) groups is 1. The van der Waals surface area contributed by atoms with Gasteiger partial charge in [0.1, 0.15) is 17.6 Å². The van der Waals surface area contributed by atoms with Gasteiger partial charge in [-0.15, -0.1) is 0 Å². The molecule has 1 saturated heterocycles. The largest absolute Gasteiger partial charge is 0.368 e. The van der Waals surface area contributed by atoms with Crippen molar-refractivity contribution in [3.8, 4) is 0 Å². The van der Waals surface area contributed by atoms with Crippen molar-refractivity contribution in [3.63, 3.8) is 0 Å². The van der Waals surface area contributed by atoms with Crippen LogP contribution in [0.1, 0.15) is 69.8 Å². The summed E-state index contributed by atoms with van der Waals surface area (Å²) in [5, 5.41) is 3.26. The predicted octanol–water partition coefficient (Wildman–Crippen LogP) is 3.10. The average molecular weight is 574 g/mol. The number of primary amides is 1. The number of allylic oxidation sites excluding steroid dienone is 3. The van der Waals surface area contributed by atoms with Gasteiger partial charge in [0.05, 0.1) is 5.75 Å². The molecule has 2 aliphatic carbocycles. The van der Waals surface area contributed by atoms with Crippen LogP contribution in [0.25, 0.3) is 0 Å². The first-order valence-electron chi connectivity index (χ1n) is 14.0. The molecule has 9 nitrogen and oxygen atoms in total. The van der Waals surface area contributed by atoms with Gasteiger partial charge < -0.3 is 21.7 Å². The lowest BCUT2D eigenvalue weighted by molar-refractivity contribution is -0.140. The third-order valence-electron chi connectivity index (χ3n) is 8.29. The highest BCUT2D eigenvalue weighted by Crippen LogP contribution is 2.40. The summed E-state index contributed by atoms with van der Waals surface area (Å²) in [5.41, 5.74) is 13.8. The van der Waals surface area contributed by atoms with Crippen LogP contribution in [-0.2, 0) is 25.4 Å². The van der Waals surface area contributed by atoms with Gasteiger partial charge in [0.15, 0.2) is 0 Å². The summed E-state index contributed by atoms with van der Waals surface area (Å²) in [6.07, 6.45) is 9.86. The molecule has 0 aromatic heterocycles. The topological polar surface area (TPSA) is 139 Å². The zero-order valence-electron chi connectivity index (χ0n) is 22.3. The number of sulfonamides is 1. The van der Waals surface area contributed by atoms with Crippen molar-refractivity contribution in [2.45, 2.75) is 87.5 Å². The number of amides is 2. The third-order valence-corrected chi connectivity index (χ3v) is 11.1. The van der Waals surface area contributed by atoms with E-state index in [4.69, 9.17) is 11.5 Å². The number of benzene rings is 1. The van der Waals surface area contributed by atoms with Gasteiger partial charge in [0.2, 0.25) is 21.8 Å². The molecule has 11 heteroatoms. The van der Waals surface area contributed by atoms with Crippen molar-refractivity contribution in [2.75, 3.05) is 6.54 Å². The number of likely N-dealkylation sites (tertiary alicyclic amines) is 1. The summed E-state index contributed by atoms with van der Waals surface area (Å²) in [4.78, 5) is 29.0. The van der Waals surface area contributed by atoms with E-state index in [0.717, 1.165) is 42.7 Å². The predicted molar refractivity (Wildman–Crippen MR) is 153 cm³/mol. The van der Waals surface area contributed by atoms with Gasteiger partial charge in [0, 0.05) is 22.8 Å². The van der Waals surface area contributed by atoms with Crippen molar-refractivity contribution in [2.24, 2.45) is 17.4 Å².